The number of halogens is 2. The van der Waals surface area contributed by atoms with Crippen molar-refractivity contribution in [2.75, 3.05) is 0 Å². The fourth-order valence-corrected chi connectivity index (χ4v) is 1.33. The van der Waals surface area contributed by atoms with Gasteiger partial charge in [0, 0.05) is 6.04 Å². The van der Waals surface area contributed by atoms with E-state index in [1.54, 1.807) is 0 Å². The predicted octanol–water partition coefficient (Wildman–Crippen LogP) is 2.21. The van der Waals surface area contributed by atoms with Gasteiger partial charge in [-0.15, -0.1) is 0 Å². The summed E-state index contributed by atoms with van der Waals surface area (Å²) in [6, 6.07) is 1.87. The van der Waals surface area contributed by atoms with Crippen LogP contribution in [0.1, 0.15) is 23.3 Å². The second-order valence-electron chi connectivity index (χ2n) is 3.09. The van der Waals surface area contributed by atoms with Gasteiger partial charge in [0.1, 0.15) is 10.8 Å². The van der Waals surface area contributed by atoms with E-state index in [-0.39, 0.29) is 5.91 Å². The average Bonchev–Trinajstić information content (AvgIpc) is 2.81. The molecule has 2 rings (SSSR count). The van der Waals surface area contributed by atoms with Gasteiger partial charge in [-0.3, -0.25) is 4.79 Å². The Bertz CT molecular complexity index is 324. The summed E-state index contributed by atoms with van der Waals surface area (Å²) in [5.41, 5.74) is 0.418. The van der Waals surface area contributed by atoms with E-state index in [9.17, 15) is 4.79 Å². The third-order valence-electron chi connectivity index (χ3n) is 1.88. The molecule has 0 atom stereocenters. The van der Waals surface area contributed by atoms with Gasteiger partial charge in [0.25, 0.3) is 5.91 Å². The minimum absolute atomic E-state index is 0.142. The Morgan fingerprint density at radius 2 is 2.23 bits per heavy atom. The Morgan fingerprint density at radius 3 is 2.69 bits per heavy atom. The molecule has 1 heterocycles. The molecule has 1 aliphatic carbocycles. The Morgan fingerprint density at radius 1 is 1.54 bits per heavy atom. The van der Waals surface area contributed by atoms with Crippen LogP contribution in [0.5, 0.6) is 0 Å². The van der Waals surface area contributed by atoms with Crippen molar-refractivity contribution < 1.29 is 4.79 Å². The molecule has 1 saturated carbocycles. The molecule has 0 unspecified atom stereocenters. The van der Waals surface area contributed by atoms with Crippen molar-refractivity contribution in [3.63, 3.8) is 0 Å². The van der Waals surface area contributed by atoms with E-state index in [0.29, 0.717) is 21.9 Å². The monoisotopic (exact) mass is 218 g/mol. The number of rotatable bonds is 2. The summed E-state index contributed by atoms with van der Waals surface area (Å²) in [6.07, 6.45) is 2.13. The largest absolute Gasteiger partial charge is 0.348 e. The quantitative estimate of drug-likeness (QED) is 0.786. The number of carbonyl (C=O) groups excluding carboxylic acids is 1. The standard InChI is InChI=1S/C8H8Cl2N2O/c9-5-3-6(12-7(5)10)8(13)11-4-1-2-4/h3-4,12H,1-2H2,(H,11,13). The molecule has 0 saturated heterocycles. The molecule has 70 valence electrons. The first-order valence-corrected chi connectivity index (χ1v) is 4.77. The Labute approximate surface area is 85.4 Å². The zero-order valence-corrected chi connectivity index (χ0v) is 8.24. The van der Waals surface area contributed by atoms with E-state index in [1.165, 1.54) is 6.07 Å². The average molecular weight is 219 g/mol. The summed E-state index contributed by atoms with van der Waals surface area (Å²) in [7, 11) is 0. The summed E-state index contributed by atoms with van der Waals surface area (Å²) < 4.78 is 0. The molecule has 1 amide bonds. The lowest BCUT2D eigenvalue weighted by molar-refractivity contribution is 0.0946. The van der Waals surface area contributed by atoms with E-state index < -0.39 is 0 Å². The van der Waals surface area contributed by atoms with Crippen molar-refractivity contribution in [3.8, 4) is 0 Å². The number of H-pyrrole nitrogens is 1. The molecule has 13 heavy (non-hydrogen) atoms. The first-order chi connectivity index (χ1) is 6.16. The number of aromatic amines is 1. The van der Waals surface area contributed by atoms with Gasteiger partial charge in [-0.05, 0) is 18.9 Å². The summed E-state index contributed by atoms with van der Waals surface area (Å²) in [6.45, 7) is 0. The summed E-state index contributed by atoms with van der Waals surface area (Å²) in [5.74, 6) is -0.142. The van der Waals surface area contributed by atoms with Crippen LogP contribution in [0.3, 0.4) is 0 Å². The van der Waals surface area contributed by atoms with Crippen molar-refractivity contribution in [1.29, 1.82) is 0 Å². The second kappa shape index (κ2) is 3.24. The molecular formula is C8H8Cl2N2O. The summed E-state index contributed by atoms with van der Waals surface area (Å²) in [5, 5.41) is 3.51. The lowest BCUT2D eigenvalue weighted by Crippen LogP contribution is -2.25. The molecule has 0 aromatic carbocycles. The van der Waals surface area contributed by atoms with Gasteiger partial charge in [0.05, 0.1) is 5.02 Å². The Hall–Kier alpha value is -0.670. The molecule has 0 bridgehead atoms. The van der Waals surface area contributed by atoms with Crippen molar-refractivity contribution >= 4 is 29.1 Å². The van der Waals surface area contributed by atoms with Crippen LogP contribution in [0, 0.1) is 0 Å². The highest BCUT2D eigenvalue weighted by Crippen LogP contribution is 2.23. The normalized spacial score (nSPS) is 15.8. The van der Waals surface area contributed by atoms with Crippen LogP contribution < -0.4 is 5.32 Å². The molecular weight excluding hydrogens is 211 g/mol. The number of hydrogen-bond acceptors (Lipinski definition) is 1. The van der Waals surface area contributed by atoms with Crippen LogP contribution in [-0.2, 0) is 0 Å². The maximum atomic E-state index is 11.4. The highest BCUT2D eigenvalue weighted by Gasteiger charge is 2.24. The highest BCUT2D eigenvalue weighted by atomic mass is 35.5. The van der Waals surface area contributed by atoms with Crippen LogP contribution in [0.15, 0.2) is 6.07 Å². The second-order valence-corrected chi connectivity index (χ2v) is 3.88. The fraction of sp³-hybridized carbons (Fsp3) is 0.375. The zero-order chi connectivity index (χ0) is 9.42. The van der Waals surface area contributed by atoms with Gasteiger partial charge in [0.2, 0.25) is 0 Å². The van der Waals surface area contributed by atoms with Gasteiger partial charge in [0.15, 0.2) is 0 Å². The van der Waals surface area contributed by atoms with E-state index >= 15 is 0 Å². The number of carbonyl (C=O) groups is 1. The minimum atomic E-state index is -0.142. The topological polar surface area (TPSA) is 44.9 Å². The number of amides is 1. The van der Waals surface area contributed by atoms with E-state index in [0.717, 1.165) is 12.8 Å². The lowest BCUT2D eigenvalue weighted by Gasteiger charge is -1.98. The molecule has 3 nitrogen and oxygen atoms in total. The van der Waals surface area contributed by atoms with Crippen molar-refractivity contribution in [2.24, 2.45) is 0 Å². The third-order valence-corrected chi connectivity index (χ3v) is 2.58. The van der Waals surface area contributed by atoms with Crippen molar-refractivity contribution in [2.45, 2.75) is 18.9 Å². The first-order valence-electron chi connectivity index (χ1n) is 4.01. The number of hydrogen-bond donors (Lipinski definition) is 2. The van der Waals surface area contributed by atoms with Gasteiger partial charge < -0.3 is 10.3 Å². The van der Waals surface area contributed by atoms with E-state index in [2.05, 4.69) is 10.3 Å². The molecule has 0 aliphatic heterocycles. The molecule has 1 aromatic heterocycles. The van der Waals surface area contributed by atoms with Crippen LogP contribution in [0.4, 0.5) is 0 Å². The zero-order valence-electron chi connectivity index (χ0n) is 6.73. The van der Waals surface area contributed by atoms with Crippen molar-refractivity contribution in [1.82, 2.24) is 10.3 Å². The Kier molecular flexibility index (Phi) is 2.22. The number of nitrogens with one attached hydrogen (secondary N) is 2. The minimum Gasteiger partial charge on any atom is -0.348 e. The molecule has 5 heteroatoms. The first kappa shape index (κ1) is 8.91. The fourth-order valence-electron chi connectivity index (χ4n) is 1.02. The van der Waals surface area contributed by atoms with Gasteiger partial charge in [-0.2, -0.15) is 0 Å². The SMILES string of the molecule is O=C(NC1CC1)c1cc(Cl)c(Cl)[nH]1. The Balaban J connectivity index is 2.09. The van der Waals surface area contributed by atoms with E-state index in [4.69, 9.17) is 23.2 Å². The highest BCUT2D eigenvalue weighted by molar-refractivity contribution is 6.41. The maximum absolute atomic E-state index is 11.4. The van der Waals surface area contributed by atoms with E-state index in [1.807, 2.05) is 0 Å². The summed E-state index contributed by atoms with van der Waals surface area (Å²) in [4.78, 5) is 14.1. The maximum Gasteiger partial charge on any atom is 0.268 e. The third kappa shape index (κ3) is 1.98. The van der Waals surface area contributed by atoms with Crippen LogP contribution in [-0.4, -0.2) is 16.9 Å². The van der Waals surface area contributed by atoms with Gasteiger partial charge in [-0.1, -0.05) is 23.2 Å². The molecule has 1 aromatic rings. The van der Waals surface area contributed by atoms with Crippen LogP contribution in [0.2, 0.25) is 10.2 Å². The number of aromatic nitrogens is 1. The molecule has 1 aliphatic rings. The molecule has 0 spiro atoms. The molecule has 0 radical (unpaired) electrons. The van der Waals surface area contributed by atoms with Gasteiger partial charge >= 0.3 is 0 Å². The molecule has 2 N–H and O–H groups in total. The van der Waals surface area contributed by atoms with Gasteiger partial charge in [-0.25, -0.2) is 0 Å². The van der Waals surface area contributed by atoms with Crippen LogP contribution >= 0.6 is 23.2 Å². The van der Waals surface area contributed by atoms with Crippen molar-refractivity contribution in [3.05, 3.63) is 21.9 Å². The lowest BCUT2D eigenvalue weighted by atomic mass is 10.4. The van der Waals surface area contributed by atoms with Crippen LogP contribution in [0.25, 0.3) is 0 Å². The molecule has 1 fully saturated rings. The predicted molar refractivity (Wildman–Crippen MR) is 51.3 cm³/mol. The smallest absolute Gasteiger partial charge is 0.268 e. The summed E-state index contributed by atoms with van der Waals surface area (Å²) >= 11 is 11.3.